The highest BCUT2D eigenvalue weighted by Crippen LogP contribution is 2.38. The normalized spacial score (nSPS) is 14.4. The summed E-state index contributed by atoms with van der Waals surface area (Å²) in [5.41, 5.74) is 0. The lowest BCUT2D eigenvalue weighted by Gasteiger charge is -2.29. The first-order chi connectivity index (χ1) is 31.0. The second-order valence-corrected chi connectivity index (χ2v) is 21.0. The molecule has 0 rings (SSSR count). The number of quaternary nitrogens is 1. The Morgan fingerprint density at radius 1 is 0.531 bits per heavy atom. The van der Waals surface area contributed by atoms with Crippen LogP contribution in [0, 0.1) is 0 Å². The number of amides is 1. The molecule has 0 saturated carbocycles. The van der Waals surface area contributed by atoms with Gasteiger partial charge in [-0.15, -0.1) is 0 Å². The van der Waals surface area contributed by atoms with Crippen LogP contribution in [0.25, 0.3) is 0 Å². The minimum atomic E-state index is -4.60. The zero-order valence-electron chi connectivity index (χ0n) is 42.7. The molecule has 0 radical (unpaired) electrons. The number of phosphoric acid groups is 1. The van der Waals surface area contributed by atoms with Gasteiger partial charge < -0.3 is 28.8 Å². The van der Waals surface area contributed by atoms with Gasteiger partial charge in [-0.1, -0.05) is 217 Å². The van der Waals surface area contributed by atoms with Crippen LogP contribution < -0.4 is 10.2 Å². The van der Waals surface area contributed by atoms with Gasteiger partial charge in [0.1, 0.15) is 13.2 Å². The van der Waals surface area contributed by atoms with E-state index in [0.29, 0.717) is 17.4 Å². The SMILES string of the molecule is CCCCCC/C=C/CC/C=C/CC/C=C/C(O)C(COP(=O)([O-])OCC[N+](C)(C)C)NC(=O)CCCCCCCCCCCCCC/C=C\CCCCCCCCCCCCCC. The van der Waals surface area contributed by atoms with E-state index in [9.17, 15) is 19.4 Å². The Hall–Kier alpha value is -1.54. The monoisotopic (exact) mass is 921 g/mol. The Bertz CT molecular complexity index is 1180. The second-order valence-electron chi connectivity index (χ2n) is 19.6. The van der Waals surface area contributed by atoms with E-state index < -0.39 is 26.6 Å². The number of unbranched alkanes of at least 4 members (excludes halogenated alkanes) is 30. The lowest BCUT2D eigenvalue weighted by molar-refractivity contribution is -0.870. The zero-order valence-corrected chi connectivity index (χ0v) is 43.6. The minimum absolute atomic E-state index is 0.00949. The van der Waals surface area contributed by atoms with Gasteiger partial charge in [0.2, 0.25) is 5.91 Å². The van der Waals surface area contributed by atoms with E-state index >= 15 is 0 Å². The molecule has 9 heteroatoms. The van der Waals surface area contributed by atoms with E-state index in [0.717, 1.165) is 51.4 Å². The van der Waals surface area contributed by atoms with Crippen LogP contribution in [-0.2, 0) is 18.4 Å². The van der Waals surface area contributed by atoms with Gasteiger partial charge in [0, 0.05) is 6.42 Å². The molecule has 0 aromatic rings. The average molecular weight is 921 g/mol. The maximum absolute atomic E-state index is 12.9. The van der Waals surface area contributed by atoms with Crippen LogP contribution in [0.3, 0.4) is 0 Å². The summed E-state index contributed by atoms with van der Waals surface area (Å²) < 4.78 is 23.2. The molecular weight excluding hydrogens is 816 g/mol. The molecule has 0 aliphatic heterocycles. The number of nitrogens with zero attached hydrogens (tertiary/aromatic N) is 1. The maximum atomic E-state index is 12.9. The van der Waals surface area contributed by atoms with Crippen LogP contribution >= 0.6 is 7.82 Å². The van der Waals surface area contributed by atoms with Crippen molar-refractivity contribution in [1.29, 1.82) is 0 Å². The number of nitrogens with one attached hydrogen (secondary N) is 1. The van der Waals surface area contributed by atoms with Gasteiger partial charge in [-0.25, -0.2) is 0 Å². The first kappa shape index (κ1) is 62.5. The Labute approximate surface area is 397 Å². The molecule has 0 aliphatic carbocycles. The van der Waals surface area contributed by atoms with E-state index in [-0.39, 0.29) is 12.5 Å². The standard InChI is InChI=1S/C55H105N2O6P/c1-6-8-10-12-14-16-18-20-22-23-24-25-26-27-28-29-30-31-32-33-34-35-37-39-41-43-45-47-49-55(59)56-53(52-63-64(60,61)62-51-50-57(3,4)5)54(58)48-46-44-42-40-38-36-21-19-17-15-13-11-9-7-2/h17,19,27-28,38,40,46,48,53-54,58H,6-16,18,20-26,29-37,39,41-45,47,49-52H2,1-5H3,(H-,56,59,60,61)/b19-17+,28-27-,40-38+,48-46+. The number of likely N-dealkylation sites (N-methyl/N-ethyl adjacent to an activating group) is 1. The van der Waals surface area contributed by atoms with Crippen LogP contribution in [0.2, 0.25) is 0 Å². The predicted octanol–water partition coefficient (Wildman–Crippen LogP) is 15.3. The lowest BCUT2D eigenvalue weighted by Crippen LogP contribution is -2.45. The van der Waals surface area contributed by atoms with Crippen molar-refractivity contribution in [2.45, 2.75) is 257 Å². The van der Waals surface area contributed by atoms with E-state index in [1.54, 1.807) is 6.08 Å². The second kappa shape index (κ2) is 46.6. The van der Waals surface area contributed by atoms with Crippen LogP contribution in [-0.4, -0.2) is 68.5 Å². The van der Waals surface area contributed by atoms with Crippen LogP contribution in [0.15, 0.2) is 48.6 Å². The van der Waals surface area contributed by atoms with Crippen molar-refractivity contribution in [3.05, 3.63) is 48.6 Å². The van der Waals surface area contributed by atoms with Gasteiger partial charge in [-0.05, 0) is 70.6 Å². The van der Waals surface area contributed by atoms with Gasteiger partial charge in [-0.2, -0.15) is 0 Å². The molecule has 64 heavy (non-hydrogen) atoms. The molecule has 8 nitrogen and oxygen atoms in total. The minimum Gasteiger partial charge on any atom is -0.756 e. The first-order valence-electron chi connectivity index (χ1n) is 27.0. The number of aliphatic hydroxyl groups excluding tert-OH is 1. The Balaban J connectivity index is 4.17. The fraction of sp³-hybridized carbons (Fsp3) is 0.836. The molecule has 0 aromatic heterocycles. The third-order valence-electron chi connectivity index (χ3n) is 12.0. The van der Waals surface area contributed by atoms with Crippen molar-refractivity contribution < 1.29 is 32.9 Å². The number of hydrogen-bond donors (Lipinski definition) is 2. The summed E-state index contributed by atoms with van der Waals surface area (Å²) in [5, 5.41) is 13.8. The van der Waals surface area contributed by atoms with Gasteiger partial charge in [0.05, 0.1) is 39.9 Å². The number of carbonyl (C=O) groups is 1. The maximum Gasteiger partial charge on any atom is 0.268 e. The molecule has 0 aliphatic rings. The van der Waals surface area contributed by atoms with Gasteiger partial charge in [0.25, 0.3) is 7.82 Å². The summed E-state index contributed by atoms with van der Waals surface area (Å²) >= 11 is 0. The summed E-state index contributed by atoms with van der Waals surface area (Å²) in [6.07, 6.45) is 60.5. The number of rotatable bonds is 49. The molecule has 0 fully saturated rings. The van der Waals surface area contributed by atoms with Crippen molar-refractivity contribution >= 4 is 13.7 Å². The molecule has 2 N–H and O–H groups in total. The zero-order chi connectivity index (χ0) is 47.1. The summed E-state index contributed by atoms with van der Waals surface area (Å²) in [7, 11) is 1.24. The van der Waals surface area contributed by atoms with Crippen molar-refractivity contribution in [2.75, 3.05) is 40.9 Å². The van der Waals surface area contributed by atoms with E-state index in [1.165, 1.54) is 173 Å². The third-order valence-corrected chi connectivity index (χ3v) is 13.0. The van der Waals surface area contributed by atoms with Crippen LogP contribution in [0.5, 0.6) is 0 Å². The molecule has 1 amide bonds. The molecule has 0 bridgehead atoms. The van der Waals surface area contributed by atoms with Crippen molar-refractivity contribution in [3.63, 3.8) is 0 Å². The van der Waals surface area contributed by atoms with Crippen LogP contribution in [0.1, 0.15) is 245 Å². The number of allylic oxidation sites excluding steroid dienone is 7. The molecule has 0 saturated heterocycles. The molecular formula is C55H105N2O6P. The third kappa shape index (κ3) is 48.4. The quantitative estimate of drug-likeness (QED) is 0.0272. The highest BCUT2D eigenvalue weighted by atomic mass is 31.2. The fourth-order valence-electron chi connectivity index (χ4n) is 7.71. The summed E-state index contributed by atoms with van der Waals surface area (Å²) in [4.78, 5) is 25.4. The Morgan fingerprint density at radius 3 is 1.28 bits per heavy atom. The number of aliphatic hydroxyl groups is 1. The molecule has 0 spiro atoms. The van der Waals surface area contributed by atoms with Gasteiger partial charge in [-0.3, -0.25) is 9.36 Å². The fourth-order valence-corrected chi connectivity index (χ4v) is 8.43. The van der Waals surface area contributed by atoms with E-state index in [2.05, 4.69) is 55.6 Å². The Morgan fingerprint density at radius 2 is 0.875 bits per heavy atom. The molecule has 376 valence electrons. The molecule has 3 unspecified atom stereocenters. The summed E-state index contributed by atoms with van der Waals surface area (Å²) in [6, 6.07) is -0.909. The molecule has 0 heterocycles. The largest absolute Gasteiger partial charge is 0.756 e. The smallest absolute Gasteiger partial charge is 0.268 e. The Kier molecular flexibility index (Phi) is 45.4. The van der Waals surface area contributed by atoms with Crippen molar-refractivity contribution in [2.24, 2.45) is 0 Å². The topological polar surface area (TPSA) is 108 Å². The van der Waals surface area contributed by atoms with E-state index in [4.69, 9.17) is 9.05 Å². The number of hydrogen-bond acceptors (Lipinski definition) is 6. The van der Waals surface area contributed by atoms with E-state index in [1.807, 2.05) is 27.2 Å². The molecule has 3 atom stereocenters. The van der Waals surface area contributed by atoms with Crippen molar-refractivity contribution in [3.8, 4) is 0 Å². The first-order valence-corrected chi connectivity index (χ1v) is 28.5. The predicted molar refractivity (Wildman–Crippen MR) is 274 cm³/mol. The molecule has 0 aromatic carbocycles. The van der Waals surface area contributed by atoms with Crippen LogP contribution in [0.4, 0.5) is 0 Å². The van der Waals surface area contributed by atoms with Gasteiger partial charge in [0.15, 0.2) is 0 Å². The highest BCUT2D eigenvalue weighted by Gasteiger charge is 2.23. The van der Waals surface area contributed by atoms with Gasteiger partial charge >= 0.3 is 0 Å². The summed E-state index contributed by atoms with van der Waals surface area (Å²) in [6.45, 7) is 4.61. The van der Waals surface area contributed by atoms with Crippen molar-refractivity contribution in [1.82, 2.24) is 5.32 Å². The lowest BCUT2D eigenvalue weighted by atomic mass is 10.0. The number of carbonyl (C=O) groups excluding carboxylic acids is 1. The average Bonchev–Trinajstić information content (AvgIpc) is 3.25. The summed E-state index contributed by atoms with van der Waals surface area (Å²) in [5.74, 6) is -0.212. The highest BCUT2D eigenvalue weighted by molar-refractivity contribution is 7.45. The number of phosphoric ester groups is 1.